The fourth-order valence-corrected chi connectivity index (χ4v) is 1.00. The van der Waals surface area contributed by atoms with E-state index >= 15 is 0 Å². The number of urea groups is 1. The van der Waals surface area contributed by atoms with Gasteiger partial charge < -0.3 is 5.73 Å². The summed E-state index contributed by atoms with van der Waals surface area (Å²) in [6.45, 7) is 0. The third-order valence-corrected chi connectivity index (χ3v) is 1.60. The van der Waals surface area contributed by atoms with Crippen molar-refractivity contribution in [3.8, 4) is 0 Å². The molecule has 2 N–H and O–H groups in total. The molecular formula is C9H7F3N2O. The number of nitrogens with two attached hydrogens (primary N) is 1. The Morgan fingerprint density at radius 2 is 1.93 bits per heavy atom. The van der Waals surface area contributed by atoms with E-state index in [9.17, 15) is 18.0 Å². The average molecular weight is 216 g/mol. The fourth-order valence-electron chi connectivity index (χ4n) is 1.00. The summed E-state index contributed by atoms with van der Waals surface area (Å²) < 4.78 is 37.2. The molecule has 15 heavy (non-hydrogen) atoms. The van der Waals surface area contributed by atoms with Gasteiger partial charge in [-0.05, 0) is 6.07 Å². The van der Waals surface area contributed by atoms with E-state index in [1.54, 1.807) is 0 Å². The van der Waals surface area contributed by atoms with Crippen molar-refractivity contribution in [3.05, 3.63) is 35.4 Å². The quantitative estimate of drug-likeness (QED) is 0.719. The minimum atomic E-state index is -4.47. The summed E-state index contributed by atoms with van der Waals surface area (Å²) in [6, 6.07) is 3.74. The first kappa shape index (κ1) is 11.2. The minimum absolute atomic E-state index is 0.191. The van der Waals surface area contributed by atoms with Crippen molar-refractivity contribution in [2.75, 3.05) is 0 Å². The van der Waals surface area contributed by atoms with Crippen LogP contribution in [0.2, 0.25) is 0 Å². The standard InChI is InChI=1S/C9H7F3N2O/c10-9(11,12)7-4-2-1-3-6(7)5-14-8(13)15/h1-5H,(H2,13,15). The molecule has 1 aromatic carbocycles. The van der Waals surface area contributed by atoms with Crippen LogP contribution in [0.1, 0.15) is 11.1 Å². The van der Waals surface area contributed by atoms with Gasteiger partial charge in [-0.2, -0.15) is 13.2 Å². The monoisotopic (exact) mass is 216 g/mol. The van der Waals surface area contributed by atoms with E-state index in [2.05, 4.69) is 10.7 Å². The summed E-state index contributed by atoms with van der Waals surface area (Å²) in [4.78, 5) is 13.4. The molecule has 0 aliphatic rings. The summed E-state index contributed by atoms with van der Waals surface area (Å²) in [5.41, 5.74) is 3.64. The van der Waals surface area contributed by atoms with Crippen molar-refractivity contribution in [2.24, 2.45) is 10.7 Å². The number of rotatable bonds is 1. The molecule has 0 bridgehead atoms. The summed E-state index contributed by atoms with van der Waals surface area (Å²) in [7, 11) is 0. The van der Waals surface area contributed by atoms with Crippen LogP contribution in [0.5, 0.6) is 0 Å². The Morgan fingerprint density at radius 3 is 2.47 bits per heavy atom. The van der Waals surface area contributed by atoms with Crippen molar-refractivity contribution in [1.29, 1.82) is 0 Å². The number of nitrogens with zero attached hydrogens (tertiary/aromatic N) is 1. The van der Waals surface area contributed by atoms with Gasteiger partial charge in [0.15, 0.2) is 0 Å². The maximum absolute atomic E-state index is 12.4. The Labute approximate surface area is 83.4 Å². The van der Waals surface area contributed by atoms with Crippen LogP contribution in [0.4, 0.5) is 18.0 Å². The first-order valence-corrected chi connectivity index (χ1v) is 3.91. The number of primary amides is 1. The third kappa shape index (κ3) is 3.08. The van der Waals surface area contributed by atoms with Crippen molar-refractivity contribution in [2.45, 2.75) is 6.18 Å². The van der Waals surface area contributed by atoms with Gasteiger partial charge in [-0.3, -0.25) is 0 Å². The maximum atomic E-state index is 12.4. The van der Waals surface area contributed by atoms with Crippen LogP contribution in [0, 0.1) is 0 Å². The molecular weight excluding hydrogens is 209 g/mol. The molecule has 3 nitrogen and oxygen atoms in total. The number of carbonyl (C=O) groups excluding carboxylic acids is 1. The van der Waals surface area contributed by atoms with Gasteiger partial charge in [-0.15, -0.1) is 0 Å². The average Bonchev–Trinajstić information content (AvgIpc) is 2.13. The molecule has 0 aliphatic carbocycles. The lowest BCUT2D eigenvalue weighted by atomic mass is 10.1. The van der Waals surface area contributed by atoms with E-state index in [-0.39, 0.29) is 5.56 Å². The van der Waals surface area contributed by atoms with Crippen LogP contribution >= 0.6 is 0 Å². The van der Waals surface area contributed by atoms with Crippen LogP contribution in [0.25, 0.3) is 0 Å². The molecule has 0 atom stereocenters. The van der Waals surface area contributed by atoms with Crippen molar-refractivity contribution >= 4 is 12.2 Å². The van der Waals surface area contributed by atoms with Gasteiger partial charge in [0.25, 0.3) is 0 Å². The number of halogens is 3. The summed E-state index contributed by atoms with van der Waals surface area (Å²) in [6.07, 6.45) is -3.68. The van der Waals surface area contributed by atoms with Crippen molar-refractivity contribution in [1.82, 2.24) is 0 Å². The molecule has 0 radical (unpaired) electrons. The highest BCUT2D eigenvalue weighted by Gasteiger charge is 2.32. The van der Waals surface area contributed by atoms with E-state index in [1.165, 1.54) is 18.2 Å². The SMILES string of the molecule is NC(=O)N=Cc1ccccc1C(F)(F)F. The predicted molar refractivity (Wildman–Crippen MR) is 48.6 cm³/mol. The number of carbonyl (C=O) groups is 1. The molecule has 0 unspecified atom stereocenters. The second-order valence-corrected chi connectivity index (χ2v) is 2.68. The molecule has 0 aliphatic heterocycles. The lowest BCUT2D eigenvalue weighted by molar-refractivity contribution is -0.137. The number of hydrogen-bond donors (Lipinski definition) is 1. The Kier molecular flexibility index (Phi) is 3.08. The van der Waals surface area contributed by atoms with Gasteiger partial charge in [-0.25, -0.2) is 9.79 Å². The molecule has 0 aromatic heterocycles. The normalized spacial score (nSPS) is 11.9. The van der Waals surface area contributed by atoms with Crippen molar-refractivity contribution < 1.29 is 18.0 Å². The van der Waals surface area contributed by atoms with Crippen LogP contribution in [-0.4, -0.2) is 12.2 Å². The Balaban J connectivity index is 3.13. The van der Waals surface area contributed by atoms with Gasteiger partial charge in [0.05, 0.1) is 5.56 Å². The van der Waals surface area contributed by atoms with E-state index in [0.29, 0.717) is 0 Å². The molecule has 0 saturated heterocycles. The van der Waals surface area contributed by atoms with Gasteiger partial charge in [0.2, 0.25) is 0 Å². The molecule has 0 fully saturated rings. The van der Waals surface area contributed by atoms with Crippen LogP contribution in [0.3, 0.4) is 0 Å². The Morgan fingerprint density at radius 1 is 1.33 bits per heavy atom. The zero-order chi connectivity index (χ0) is 11.5. The molecule has 1 aromatic rings. The molecule has 1 rings (SSSR count). The van der Waals surface area contributed by atoms with E-state index in [1.807, 2.05) is 0 Å². The summed E-state index contributed by atoms with van der Waals surface area (Å²) in [5, 5.41) is 0. The van der Waals surface area contributed by atoms with Crippen LogP contribution in [-0.2, 0) is 6.18 Å². The fraction of sp³-hybridized carbons (Fsp3) is 0.111. The van der Waals surface area contributed by atoms with Crippen molar-refractivity contribution in [3.63, 3.8) is 0 Å². The second kappa shape index (κ2) is 4.12. The van der Waals surface area contributed by atoms with E-state index in [4.69, 9.17) is 0 Å². The third-order valence-electron chi connectivity index (χ3n) is 1.60. The van der Waals surface area contributed by atoms with Gasteiger partial charge >= 0.3 is 12.2 Å². The Hall–Kier alpha value is -1.85. The van der Waals surface area contributed by atoms with Gasteiger partial charge in [-0.1, -0.05) is 18.2 Å². The number of benzene rings is 1. The topological polar surface area (TPSA) is 55.5 Å². The smallest absolute Gasteiger partial charge is 0.350 e. The zero-order valence-corrected chi connectivity index (χ0v) is 7.45. The second-order valence-electron chi connectivity index (χ2n) is 2.68. The van der Waals surface area contributed by atoms with E-state index in [0.717, 1.165) is 12.3 Å². The van der Waals surface area contributed by atoms with Gasteiger partial charge in [0.1, 0.15) is 0 Å². The largest absolute Gasteiger partial charge is 0.417 e. The Bertz CT molecular complexity index is 399. The zero-order valence-electron chi connectivity index (χ0n) is 7.45. The molecule has 2 amide bonds. The molecule has 80 valence electrons. The highest BCUT2D eigenvalue weighted by atomic mass is 19.4. The maximum Gasteiger partial charge on any atom is 0.417 e. The number of amides is 2. The van der Waals surface area contributed by atoms with Crippen LogP contribution < -0.4 is 5.73 Å². The molecule has 0 saturated carbocycles. The van der Waals surface area contributed by atoms with Gasteiger partial charge in [0, 0.05) is 11.8 Å². The van der Waals surface area contributed by atoms with E-state index < -0.39 is 17.8 Å². The first-order chi connectivity index (χ1) is 6.91. The minimum Gasteiger partial charge on any atom is -0.350 e. The highest BCUT2D eigenvalue weighted by molar-refractivity contribution is 5.91. The highest BCUT2D eigenvalue weighted by Crippen LogP contribution is 2.30. The van der Waals surface area contributed by atoms with Crippen LogP contribution in [0.15, 0.2) is 29.3 Å². The molecule has 0 heterocycles. The summed E-state index contributed by atoms with van der Waals surface area (Å²) >= 11 is 0. The molecule has 0 spiro atoms. The number of hydrogen-bond acceptors (Lipinski definition) is 1. The molecule has 6 heteroatoms. The lowest BCUT2D eigenvalue weighted by Gasteiger charge is -2.08. The number of alkyl halides is 3. The lowest BCUT2D eigenvalue weighted by Crippen LogP contribution is -2.10. The summed E-state index contributed by atoms with van der Waals surface area (Å²) in [5.74, 6) is 0. The predicted octanol–water partition coefficient (Wildman–Crippen LogP) is 2.20. The number of aliphatic imine (C=N–C) groups is 1. The first-order valence-electron chi connectivity index (χ1n) is 3.91.